The van der Waals surface area contributed by atoms with Gasteiger partial charge in [0, 0.05) is 18.6 Å². The molecule has 0 aromatic rings. The van der Waals surface area contributed by atoms with E-state index < -0.39 is 6.04 Å². The van der Waals surface area contributed by atoms with E-state index in [4.69, 9.17) is 4.74 Å². The largest absolute Gasteiger partial charge is 0.378 e. The van der Waals surface area contributed by atoms with E-state index in [0.717, 1.165) is 0 Å². The molecule has 2 amide bonds. The molecule has 1 saturated heterocycles. The van der Waals surface area contributed by atoms with Gasteiger partial charge in [0.1, 0.15) is 0 Å². The van der Waals surface area contributed by atoms with Gasteiger partial charge < -0.3 is 15.0 Å². The highest BCUT2D eigenvalue weighted by atomic mass is 16.5. The lowest BCUT2D eigenvalue weighted by Gasteiger charge is -2.31. The summed E-state index contributed by atoms with van der Waals surface area (Å²) in [6.07, 6.45) is 0. The van der Waals surface area contributed by atoms with E-state index >= 15 is 0 Å². The molecule has 0 spiro atoms. The van der Waals surface area contributed by atoms with Crippen LogP contribution in [0.2, 0.25) is 0 Å². The summed E-state index contributed by atoms with van der Waals surface area (Å²) >= 11 is 0. The number of carbonyl (C=O) groups excluding carboxylic acids is 2. The fourth-order valence-corrected chi connectivity index (χ4v) is 2.06. The molecule has 1 heterocycles. The molecule has 0 radical (unpaired) electrons. The zero-order chi connectivity index (χ0) is 15.3. The van der Waals surface area contributed by atoms with Gasteiger partial charge >= 0.3 is 0 Å². The SMILES string of the molecule is CC(NC(C)C(=O)N1CCOCC1)C(=O)NC(C)(C)C. The molecule has 2 atom stereocenters. The Morgan fingerprint density at radius 1 is 1.10 bits per heavy atom. The zero-order valence-electron chi connectivity index (χ0n) is 13.2. The first-order chi connectivity index (χ1) is 9.20. The lowest BCUT2D eigenvalue weighted by atomic mass is 10.1. The normalized spacial score (nSPS) is 19.4. The van der Waals surface area contributed by atoms with Crippen LogP contribution in [-0.2, 0) is 14.3 Å². The molecule has 0 bridgehead atoms. The minimum Gasteiger partial charge on any atom is -0.378 e. The Morgan fingerprint density at radius 3 is 2.15 bits per heavy atom. The van der Waals surface area contributed by atoms with Crippen molar-refractivity contribution in [3.63, 3.8) is 0 Å². The van der Waals surface area contributed by atoms with Crippen LogP contribution in [0.1, 0.15) is 34.6 Å². The molecule has 6 nitrogen and oxygen atoms in total. The van der Waals surface area contributed by atoms with E-state index in [-0.39, 0.29) is 23.4 Å². The molecule has 2 unspecified atom stereocenters. The van der Waals surface area contributed by atoms with Crippen molar-refractivity contribution in [2.24, 2.45) is 0 Å². The van der Waals surface area contributed by atoms with E-state index in [1.807, 2.05) is 20.8 Å². The second-order valence-corrected chi connectivity index (χ2v) is 6.29. The Kier molecular flexibility index (Phi) is 5.95. The maximum atomic E-state index is 12.2. The van der Waals surface area contributed by atoms with Gasteiger partial charge in [-0.15, -0.1) is 0 Å². The number of rotatable bonds is 4. The van der Waals surface area contributed by atoms with Gasteiger partial charge in [0.25, 0.3) is 0 Å². The zero-order valence-corrected chi connectivity index (χ0v) is 13.2. The summed E-state index contributed by atoms with van der Waals surface area (Å²) in [5.74, 6) is -0.0807. The molecule has 6 heteroatoms. The van der Waals surface area contributed by atoms with Gasteiger partial charge in [-0.2, -0.15) is 0 Å². The van der Waals surface area contributed by atoms with Gasteiger partial charge in [-0.05, 0) is 34.6 Å². The molecule has 2 N–H and O–H groups in total. The Morgan fingerprint density at radius 2 is 1.65 bits per heavy atom. The van der Waals surface area contributed by atoms with Gasteiger partial charge in [0.05, 0.1) is 25.3 Å². The molecule has 0 aliphatic carbocycles. The predicted octanol–water partition coefficient (Wildman–Crippen LogP) is 0.127. The fourth-order valence-electron chi connectivity index (χ4n) is 2.06. The predicted molar refractivity (Wildman–Crippen MR) is 77.4 cm³/mol. The van der Waals surface area contributed by atoms with Crippen molar-refractivity contribution in [2.45, 2.75) is 52.2 Å². The Balaban J connectivity index is 2.45. The number of nitrogens with one attached hydrogen (secondary N) is 2. The van der Waals surface area contributed by atoms with Crippen molar-refractivity contribution in [1.29, 1.82) is 0 Å². The number of amides is 2. The van der Waals surface area contributed by atoms with E-state index in [0.29, 0.717) is 26.3 Å². The molecular weight excluding hydrogens is 258 g/mol. The van der Waals surface area contributed by atoms with E-state index in [2.05, 4.69) is 10.6 Å². The van der Waals surface area contributed by atoms with Crippen LogP contribution in [-0.4, -0.2) is 60.6 Å². The molecule has 1 aliphatic rings. The Hall–Kier alpha value is -1.14. The molecule has 1 fully saturated rings. The van der Waals surface area contributed by atoms with Crippen molar-refractivity contribution in [3.05, 3.63) is 0 Å². The highest BCUT2D eigenvalue weighted by Crippen LogP contribution is 2.03. The summed E-state index contributed by atoms with van der Waals surface area (Å²) in [7, 11) is 0. The van der Waals surface area contributed by atoms with Crippen molar-refractivity contribution in [3.8, 4) is 0 Å². The minimum absolute atomic E-state index is 0.0173. The third kappa shape index (κ3) is 5.46. The third-order valence-electron chi connectivity index (χ3n) is 3.08. The molecule has 1 rings (SSSR count). The van der Waals surface area contributed by atoms with Crippen LogP contribution in [0.25, 0.3) is 0 Å². The van der Waals surface area contributed by atoms with Gasteiger partial charge in [-0.25, -0.2) is 0 Å². The molecule has 0 saturated carbocycles. The second-order valence-electron chi connectivity index (χ2n) is 6.29. The number of carbonyl (C=O) groups is 2. The van der Waals surface area contributed by atoms with Crippen LogP contribution < -0.4 is 10.6 Å². The average molecular weight is 285 g/mol. The van der Waals surface area contributed by atoms with Crippen LogP contribution in [0, 0.1) is 0 Å². The lowest BCUT2D eigenvalue weighted by Crippen LogP contribution is -2.55. The maximum Gasteiger partial charge on any atom is 0.239 e. The first kappa shape index (κ1) is 16.9. The highest BCUT2D eigenvalue weighted by Gasteiger charge is 2.26. The van der Waals surface area contributed by atoms with Crippen LogP contribution in [0.5, 0.6) is 0 Å². The smallest absolute Gasteiger partial charge is 0.239 e. The number of morpholine rings is 1. The molecular formula is C14H27N3O3. The molecule has 0 aromatic heterocycles. The lowest BCUT2D eigenvalue weighted by molar-refractivity contribution is -0.137. The standard InChI is InChI=1S/C14H27N3O3/c1-10(12(18)16-14(3,4)5)15-11(2)13(19)17-6-8-20-9-7-17/h10-11,15H,6-9H2,1-5H3,(H,16,18). The molecule has 0 aromatic carbocycles. The number of hydrogen-bond acceptors (Lipinski definition) is 4. The van der Waals surface area contributed by atoms with Crippen molar-refractivity contribution in [1.82, 2.24) is 15.5 Å². The number of hydrogen-bond donors (Lipinski definition) is 2. The third-order valence-corrected chi connectivity index (χ3v) is 3.08. The van der Waals surface area contributed by atoms with Crippen LogP contribution in [0.4, 0.5) is 0 Å². The Labute approximate surface area is 121 Å². The van der Waals surface area contributed by atoms with Crippen molar-refractivity contribution >= 4 is 11.8 Å². The molecule has 116 valence electrons. The quantitative estimate of drug-likeness (QED) is 0.770. The highest BCUT2D eigenvalue weighted by molar-refractivity contribution is 5.85. The molecule has 1 aliphatic heterocycles. The first-order valence-corrected chi connectivity index (χ1v) is 7.15. The van der Waals surface area contributed by atoms with E-state index in [9.17, 15) is 9.59 Å². The fraction of sp³-hybridized carbons (Fsp3) is 0.857. The topological polar surface area (TPSA) is 70.7 Å². The number of ether oxygens (including phenoxy) is 1. The van der Waals surface area contributed by atoms with Gasteiger partial charge in [0.15, 0.2) is 0 Å². The summed E-state index contributed by atoms with van der Waals surface area (Å²) in [5, 5.41) is 5.95. The average Bonchev–Trinajstić information content (AvgIpc) is 2.36. The van der Waals surface area contributed by atoms with Crippen LogP contribution in [0.3, 0.4) is 0 Å². The van der Waals surface area contributed by atoms with E-state index in [1.165, 1.54) is 0 Å². The van der Waals surface area contributed by atoms with Gasteiger partial charge in [-0.3, -0.25) is 14.9 Å². The molecule has 20 heavy (non-hydrogen) atoms. The Bertz CT molecular complexity index is 346. The summed E-state index contributed by atoms with van der Waals surface area (Å²) in [6, 6.07) is -0.789. The van der Waals surface area contributed by atoms with Crippen LogP contribution >= 0.6 is 0 Å². The monoisotopic (exact) mass is 285 g/mol. The van der Waals surface area contributed by atoms with Crippen molar-refractivity contribution < 1.29 is 14.3 Å². The summed E-state index contributed by atoms with van der Waals surface area (Å²) in [5.41, 5.74) is -0.273. The van der Waals surface area contributed by atoms with E-state index in [1.54, 1.807) is 18.7 Å². The summed E-state index contributed by atoms with van der Waals surface area (Å²) < 4.78 is 5.23. The second kappa shape index (κ2) is 7.04. The number of nitrogens with zero attached hydrogens (tertiary/aromatic N) is 1. The first-order valence-electron chi connectivity index (χ1n) is 7.15. The maximum absolute atomic E-state index is 12.2. The summed E-state index contributed by atoms with van der Waals surface area (Å²) in [6.45, 7) is 11.8. The van der Waals surface area contributed by atoms with Crippen LogP contribution in [0.15, 0.2) is 0 Å². The van der Waals surface area contributed by atoms with Gasteiger partial charge in [-0.1, -0.05) is 0 Å². The van der Waals surface area contributed by atoms with Gasteiger partial charge in [0.2, 0.25) is 11.8 Å². The van der Waals surface area contributed by atoms with Crippen molar-refractivity contribution in [2.75, 3.05) is 26.3 Å². The minimum atomic E-state index is -0.408. The summed E-state index contributed by atoms with van der Waals surface area (Å²) in [4.78, 5) is 26.0.